The van der Waals surface area contributed by atoms with Crippen LogP contribution in [0.5, 0.6) is 0 Å². The SMILES string of the molecule is [2H]C(C)(C)c1ccc2c(c1)B1c3c(cc(-n4c5cccc6c5c5c7c(cccc7ccc54)-c4ccccc4-6)cc3-n3c4ccc(-c5ccc6ccccc6c5)cc4c4cc5c(c1c43)-c1ccccc1C5(C)C)N2c1ccccc1. The van der Waals surface area contributed by atoms with Crippen LogP contribution in [0.4, 0.5) is 17.1 Å². The maximum Gasteiger partial charge on any atom is 0.253 e. The van der Waals surface area contributed by atoms with Crippen molar-refractivity contribution < 1.29 is 1.37 Å². The number of anilines is 3. The molecule has 2 aliphatic heterocycles. The molecule has 0 atom stereocenters. The van der Waals surface area contributed by atoms with Crippen LogP contribution >= 0.6 is 0 Å². The average Bonchev–Trinajstić information content (AvgIpc) is 2.26. The summed E-state index contributed by atoms with van der Waals surface area (Å²) in [6.45, 7) is 8.76. The monoisotopic (exact) mass is 992 g/mol. The van der Waals surface area contributed by atoms with Gasteiger partial charge >= 0.3 is 0 Å². The van der Waals surface area contributed by atoms with Crippen molar-refractivity contribution >= 4 is 105 Å². The second-order valence-corrected chi connectivity index (χ2v) is 23.1. The molecule has 4 aliphatic rings. The molecule has 4 heterocycles. The van der Waals surface area contributed by atoms with Crippen molar-refractivity contribution in [1.82, 2.24) is 9.13 Å². The van der Waals surface area contributed by atoms with Gasteiger partial charge in [-0.25, -0.2) is 0 Å². The average molecular weight is 993 g/mol. The van der Waals surface area contributed by atoms with Gasteiger partial charge in [0.05, 0.1) is 22.2 Å². The smallest absolute Gasteiger partial charge is 0.253 e. The number of aromatic nitrogens is 2. The van der Waals surface area contributed by atoms with Gasteiger partial charge in [-0.05, 0) is 172 Å². The highest BCUT2D eigenvalue weighted by atomic mass is 15.2. The zero-order chi connectivity index (χ0) is 52.4. The summed E-state index contributed by atoms with van der Waals surface area (Å²) in [4.78, 5) is 2.54. The lowest BCUT2D eigenvalue weighted by Gasteiger charge is -2.41. The van der Waals surface area contributed by atoms with Crippen LogP contribution in [0.1, 0.15) is 51.7 Å². The van der Waals surface area contributed by atoms with Crippen LogP contribution in [0.3, 0.4) is 0 Å². The molecule has 0 fully saturated rings. The van der Waals surface area contributed by atoms with E-state index in [-0.39, 0.29) is 12.1 Å². The summed E-state index contributed by atoms with van der Waals surface area (Å²) < 4.78 is 14.8. The fourth-order valence-electron chi connectivity index (χ4n) is 15.2. The number of hydrogen-bond donors (Lipinski definition) is 0. The maximum atomic E-state index is 9.58. The van der Waals surface area contributed by atoms with Crippen LogP contribution in [0, 0.1) is 0 Å². The zero-order valence-electron chi connectivity index (χ0n) is 44.8. The molecule has 0 unspecified atom stereocenters. The van der Waals surface area contributed by atoms with Gasteiger partial charge in [-0.2, -0.15) is 0 Å². The van der Waals surface area contributed by atoms with Crippen LogP contribution in [0.25, 0.3) is 121 Å². The van der Waals surface area contributed by atoms with E-state index in [1.807, 2.05) is 13.8 Å². The normalized spacial score (nSPS) is 14.4. The van der Waals surface area contributed by atoms with E-state index < -0.39 is 5.89 Å². The zero-order valence-corrected chi connectivity index (χ0v) is 43.8. The van der Waals surface area contributed by atoms with Gasteiger partial charge in [-0.15, -0.1) is 0 Å². The minimum Gasteiger partial charge on any atom is -0.311 e. The second-order valence-electron chi connectivity index (χ2n) is 23.1. The van der Waals surface area contributed by atoms with Crippen molar-refractivity contribution in [1.29, 1.82) is 0 Å². The van der Waals surface area contributed by atoms with Gasteiger partial charge in [-0.3, -0.25) is 0 Å². The number of benzene rings is 12. The van der Waals surface area contributed by atoms with Crippen molar-refractivity contribution in [2.24, 2.45) is 0 Å². The highest BCUT2D eigenvalue weighted by Gasteiger charge is 2.48. The third-order valence-electron chi connectivity index (χ3n) is 18.6. The minimum atomic E-state index is -0.826. The molecule has 0 saturated carbocycles. The van der Waals surface area contributed by atoms with Crippen molar-refractivity contribution in [2.45, 2.75) is 39.0 Å². The molecule has 12 aromatic carbocycles. The Morgan fingerprint density at radius 1 is 0.423 bits per heavy atom. The van der Waals surface area contributed by atoms with E-state index in [4.69, 9.17) is 0 Å². The van der Waals surface area contributed by atoms with Crippen molar-refractivity contribution in [3.63, 3.8) is 0 Å². The molecule has 78 heavy (non-hydrogen) atoms. The molecule has 18 rings (SSSR count). The van der Waals surface area contributed by atoms with Crippen LogP contribution < -0.4 is 21.3 Å². The third kappa shape index (κ3) is 5.35. The summed E-state index contributed by atoms with van der Waals surface area (Å²) in [7, 11) is 0. The molecule has 0 bridgehead atoms. The summed E-state index contributed by atoms with van der Waals surface area (Å²) in [5, 5.41) is 10.1. The Morgan fingerprint density at radius 2 is 1.08 bits per heavy atom. The summed E-state index contributed by atoms with van der Waals surface area (Å²) in [5.41, 5.74) is 28.0. The fourth-order valence-corrected chi connectivity index (χ4v) is 15.2. The van der Waals surface area contributed by atoms with Crippen LogP contribution in [-0.2, 0) is 5.41 Å². The minimum absolute atomic E-state index is 0.161. The van der Waals surface area contributed by atoms with Gasteiger partial charge in [0.25, 0.3) is 6.71 Å². The third-order valence-corrected chi connectivity index (χ3v) is 18.6. The first-order chi connectivity index (χ1) is 38.6. The van der Waals surface area contributed by atoms with Crippen molar-refractivity contribution in [2.75, 3.05) is 4.90 Å². The van der Waals surface area contributed by atoms with E-state index in [1.54, 1.807) is 0 Å². The summed E-state index contributed by atoms with van der Waals surface area (Å²) in [5.74, 6) is -0.826. The highest BCUT2D eigenvalue weighted by Crippen LogP contribution is 2.54. The highest BCUT2D eigenvalue weighted by molar-refractivity contribution is 7.01. The first-order valence-electron chi connectivity index (χ1n) is 28.1. The number of rotatable bonds is 4. The molecule has 2 aromatic heterocycles. The first kappa shape index (κ1) is 41.8. The first-order valence-corrected chi connectivity index (χ1v) is 27.6. The Morgan fingerprint density at radius 3 is 1.91 bits per heavy atom. The molecule has 0 saturated heterocycles. The molecule has 14 aromatic rings. The predicted octanol–water partition coefficient (Wildman–Crippen LogP) is 17.5. The summed E-state index contributed by atoms with van der Waals surface area (Å²) in [6, 6.07) is 85.0. The van der Waals surface area contributed by atoms with Gasteiger partial charge < -0.3 is 14.0 Å². The number of hydrogen-bond acceptors (Lipinski definition) is 1. The van der Waals surface area contributed by atoms with Crippen molar-refractivity contribution in [3.8, 4) is 55.9 Å². The molecule has 2 aliphatic carbocycles. The lowest BCUT2D eigenvalue weighted by atomic mass is 9.32. The Hall–Kier alpha value is -9.38. The number of fused-ring (bicyclic) bond motifs is 15. The molecular weight excluding hydrogens is 942 g/mol. The topological polar surface area (TPSA) is 13.1 Å². The van der Waals surface area contributed by atoms with Crippen LogP contribution in [-0.4, -0.2) is 15.8 Å². The molecule has 0 amide bonds. The predicted molar refractivity (Wildman–Crippen MR) is 331 cm³/mol. The summed E-state index contributed by atoms with van der Waals surface area (Å²) >= 11 is 0. The quantitative estimate of drug-likeness (QED) is 0.160. The van der Waals surface area contributed by atoms with Crippen molar-refractivity contribution in [3.05, 3.63) is 241 Å². The molecule has 4 heteroatoms. The molecule has 0 N–H and O–H groups in total. The van der Waals surface area contributed by atoms with Gasteiger partial charge in [0.2, 0.25) is 0 Å². The van der Waals surface area contributed by atoms with E-state index in [9.17, 15) is 1.37 Å². The van der Waals surface area contributed by atoms with E-state index in [0.717, 1.165) is 28.3 Å². The van der Waals surface area contributed by atoms with Crippen LogP contribution in [0.2, 0.25) is 0 Å². The van der Waals surface area contributed by atoms with E-state index in [0.29, 0.717) is 0 Å². The number of nitrogens with zero attached hydrogens (tertiary/aromatic N) is 3. The Labute approximate surface area is 454 Å². The molecule has 3 nitrogen and oxygen atoms in total. The van der Waals surface area contributed by atoms with E-state index in [2.05, 4.69) is 252 Å². The van der Waals surface area contributed by atoms with E-state index in [1.165, 1.54) is 143 Å². The summed E-state index contributed by atoms with van der Waals surface area (Å²) in [6.07, 6.45) is 0. The van der Waals surface area contributed by atoms with Crippen LogP contribution in [0.15, 0.2) is 224 Å². The lowest BCUT2D eigenvalue weighted by molar-refractivity contribution is 0.661. The Balaban J connectivity index is 1.03. The van der Waals surface area contributed by atoms with Gasteiger partial charge in [0.1, 0.15) is 0 Å². The van der Waals surface area contributed by atoms with Gasteiger partial charge in [0.15, 0.2) is 0 Å². The number of para-hydroxylation sites is 1. The largest absolute Gasteiger partial charge is 0.311 e. The molecule has 364 valence electrons. The maximum absolute atomic E-state index is 9.58. The molecular formula is C74H50BN3. The Bertz CT molecular complexity index is 5110. The van der Waals surface area contributed by atoms with Gasteiger partial charge in [-0.1, -0.05) is 185 Å². The second kappa shape index (κ2) is 15.0. The lowest BCUT2D eigenvalue weighted by Crippen LogP contribution is -2.61. The molecule has 0 spiro atoms. The molecule has 0 radical (unpaired) electrons. The standard InChI is InChI=1S/C74H50BN3/c1-42(2)45-31-34-62-60(38-45)75-71-65(76(62)49-19-6-5-7-20-49)39-50(77-63-27-15-25-54-52-22-11-10-21-51(52)53-24-14-18-44-30-35-64(77)70(67(44)53)69(54)63)40-66(71)78-61-33-32-48(47-29-28-43-16-8-9-17-46(43)36-47)37-56(61)57-41-59-68(72(75)73(57)78)55-23-12-13-26-58(55)74(59,3)4/h5-42H,1-4H3/i42D. The van der Waals surface area contributed by atoms with Gasteiger partial charge in [0, 0.05) is 56.6 Å². The Kier molecular flexibility index (Phi) is 8.02. The van der Waals surface area contributed by atoms with E-state index >= 15 is 0 Å². The fraction of sp³-hybridized carbons (Fsp3) is 0.0811.